The Hall–Kier alpha value is -0.830. The molecule has 0 saturated heterocycles. The maximum Gasteiger partial charge on any atom is 0.220 e. The molecule has 3 N–H and O–H groups in total. The van der Waals surface area contributed by atoms with E-state index < -0.39 is 0 Å². The van der Waals surface area contributed by atoms with Crippen LogP contribution >= 0.6 is 0 Å². The van der Waals surface area contributed by atoms with Gasteiger partial charge in [-0.3, -0.25) is 4.79 Å². The molecule has 0 aliphatic heterocycles. The minimum Gasteiger partial charge on any atom is -0.355 e. The summed E-state index contributed by atoms with van der Waals surface area (Å²) in [6.07, 6.45) is 3.87. The second-order valence-electron chi connectivity index (χ2n) is 2.80. The van der Waals surface area contributed by atoms with E-state index in [-0.39, 0.29) is 11.9 Å². The largest absolute Gasteiger partial charge is 0.355 e. The molecule has 3 nitrogen and oxygen atoms in total. The summed E-state index contributed by atoms with van der Waals surface area (Å²) in [5.41, 5.74) is 5.62. The molecule has 0 spiro atoms. The Morgan fingerprint density at radius 2 is 2.42 bits per heavy atom. The summed E-state index contributed by atoms with van der Waals surface area (Å²) in [6, 6.07) is 0.0812. The third-order valence-electron chi connectivity index (χ3n) is 1.66. The van der Waals surface area contributed by atoms with Crippen molar-refractivity contribution in [1.82, 2.24) is 5.32 Å². The Morgan fingerprint density at radius 1 is 1.75 bits per heavy atom. The SMILES string of the molecule is C=CCCC(=O)NCC(N)CC. The van der Waals surface area contributed by atoms with E-state index >= 15 is 0 Å². The molecule has 0 aromatic carbocycles. The maximum atomic E-state index is 11.0. The molecule has 70 valence electrons. The van der Waals surface area contributed by atoms with Crippen LogP contribution in [0.25, 0.3) is 0 Å². The third kappa shape index (κ3) is 5.92. The Kier molecular flexibility index (Phi) is 6.38. The second-order valence-corrected chi connectivity index (χ2v) is 2.80. The number of rotatable bonds is 6. The molecule has 0 saturated carbocycles. The van der Waals surface area contributed by atoms with Crippen molar-refractivity contribution in [1.29, 1.82) is 0 Å². The number of carbonyl (C=O) groups excluding carboxylic acids is 1. The van der Waals surface area contributed by atoms with Crippen LogP contribution in [0.5, 0.6) is 0 Å². The van der Waals surface area contributed by atoms with E-state index in [1.54, 1.807) is 6.08 Å². The van der Waals surface area contributed by atoms with Crippen molar-refractivity contribution in [2.24, 2.45) is 5.73 Å². The van der Waals surface area contributed by atoms with E-state index in [1.165, 1.54) is 0 Å². The minimum absolute atomic E-state index is 0.0544. The Morgan fingerprint density at radius 3 is 2.92 bits per heavy atom. The molecule has 0 radical (unpaired) electrons. The average Bonchev–Trinajstić information content (AvgIpc) is 2.10. The molecule has 0 rings (SSSR count). The van der Waals surface area contributed by atoms with E-state index in [0.29, 0.717) is 13.0 Å². The molecular weight excluding hydrogens is 152 g/mol. The van der Waals surface area contributed by atoms with Crippen molar-refractivity contribution in [3.05, 3.63) is 12.7 Å². The zero-order valence-electron chi connectivity index (χ0n) is 7.68. The molecule has 0 heterocycles. The van der Waals surface area contributed by atoms with Gasteiger partial charge in [-0.05, 0) is 12.8 Å². The first-order valence-electron chi connectivity index (χ1n) is 4.33. The van der Waals surface area contributed by atoms with Gasteiger partial charge < -0.3 is 11.1 Å². The quantitative estimate of drug-likeness (QED) is 0.579. The first-order valence-corrected chi connectivity index (χ1v) is 4.33. The molecule has 0 aliphatic carbocycles. The smallest absolute Gasteiger partial charge is 0.220 e. The standard InChI is InChI=1S/C9H18N2O/c1-3-5-6-9(12)11-7-8(10)4-2/h3,8H,1,4-7,10H2,2H3,(H,11,12). The molecule has 12 heavy (non-hydrogen) atoms. The topological polar surface area (TPSA) is 55.1 Å². The van der Waals surface area contributed by atoms with Gasteiger partial charge in [-0.25, -0.2) is 0 Å². The van der Waals surface area contributed by atoms with E-state index in [0.717, 1.165) is 12.8 Å². The molecule has 0 bridgehead atoms. The summed E-state index contributed by atoms with van der Waals surface area (Å²) in [6.45, 7) is 6.12. The van der Waals surface area contributed by atoms with Gasteiger partial charge in [0.2, 0.25) is 5.91 Å². The lowest BCUT2D eigenvalue weighted by molar-refractivity contribution is -0.121. The second kappa shape index (κ2) is 6.85. The van der Waals surface area contributed by atoms with Crippen molar-refractivity contribution in [2.75, 3.05) is 6.54 Å². The van der Waals surface area contributed by atoms with Crippen molar-refractivity contribution in [2.45, 2.75) is 32.2 Å². The summed E-state index contributed by atoms with van der Waals surface area (Å²) >= 11 is 0. The fourth-order valence-electron chi connectivity index (χ4n) is 0.711. The number of amides is 1. The van der Waals surface area contributed by atoms with Crippen LogP contribution in [0, 0.1) is 0 Å². The van der Waals surface area contributed by atoms with Gasteiger partial charge in [0.1, 0.15) is 0 Å². The molecular formula is C9H18N2O. The first-order chi connectivity index (χ1) is 5.70. The van der Waals surface area contributed by atoms with Crippen molar-refractivity contribution < 1.29 is 4.79 Å². The van der Waals surface area contributed by atoms with E-state index in [4.69, 9.17) is 5.73 Å². The van der Waals surface area contributed by atoms with Gasteiger partial charge in [-0.15, -0.1) is 6.58 Å². The Bertz CT molecular complexity index is 145. The predicted octanol–water partition coefficient (Wildman–Crippen LogP) is 0.806. The zero-order chi connectivity index (χ0) is 9.40. The lowest BCUT2D eigenvalue weighted by Crippen LogP contribution is -2.36. The number of hydrogen-bond acceptors (Lipinski definition) is 2. The minimum atomic E-state index is 0.0544. The molecule has 0 aromatic heterocycles. The van der Waals surface area contributed by atoms with Crippen LogP contribution in [0.1, 0.15) is 26.2 Å². The Balaban J connectivity index is 3.36. The fourth-order valence-corrected chi connectivity index (χ4v) is 0.711. The van der Waals surface area contributed by atoms with Crippen molar-refractivity contribution >= 4 is 5.91 Å². The summed E-state index contributed by atoms with van der Waals surface area (Å²) in [5.74, 6) is 0.0544. The zero-order valence-corrected chi connectivity index (χ0v) is 7.68. The highest BCUT2D eigenvalue weighted by atomic mass is 16.1. The van der Waals surface area contributed by atoms with Crippen molar-refractivity contribution in [3.8, 4) is 0 Å². The summed E-state index contributed by atoms with van der Waals surface area (Å²) in [5, 5.41) is 2.76. The van der Waals surface area contributed by atoms with Crippen LogP contribution in [0.3, 0.4) is 0 Å². The maximum absolute atomic E-state index is 11.0. The highest BCUT2D eigenvalue weighted by molar-refractivity contribution is 5.75. The third-order valence-corrected chi connectivity index (χ3v) is 1.66. The molecule has 0 aliphatic rings. The van der Waals surface area contributed by atoms with Gasteiger partial charge in [0.25, 0.3) is 0 Å². The monoisotopic (exact) mass is 170 g/mol. The molecule has 1 amide bonds. The average molecular weight is 170 g/mol. The number of nitrogens with one attached hydrogen (secondary N) is 1. The van der Waals surface area contributed by atoms with Gasteiger partial charge in [-0.2, -0.15) is 0 Å². The Labute approximate surface area is 74.0 Å². The number of carbonyl (C=O) groups is 1. The molecule has 0 aromatic rings. The van der Waals surface area contributed by atoms with Gasteiger partial charge in [0.15, 0.2) is 0 Å². The first kappa shape index (κ1) is 11.2. The normalized spacial score (nSPS) is 12.2. The lowest BCUT2D eigenvalue weighted by Gasteiger charge is -2.09. The fraction of sp³-hybridized carbons (Fsp3) is 0.667. The number of hydrogen-bond donors (Lipinski definition) is 2. The summed E-state index contributed by atoms with van der Waals surface area (Å²) < 4.78 is 0. The number of nitrogens with two attached hydrogens (primary N) is 1. The van der Waals surface area contributed by atoms with Crippen LogP contribution in [-0.2, 0) is 4.79 Å². The summed E-state index contributed by atoms with van der Waals surface area (Å²) in [7, 11) is 0. The van der Waals surface area contributed by atoms with Crippen LogP contribution in [0.15, 0.2) is 12.7 Å². The van der Waals surface area contributed by atoms with E-state index in [2.05, 4.69) is 11.9 Å². The highest BCUT2D eigenvalue weighted by Gasteiger charge is 2.02. The summed E-state index contributed by atoms with van der Waals surface area (Å²) in [4.78, 5) is 11.0. The van der Waals surface area contributed by atoms with Gasteiger partial charge in [0.05, 0.1) is 0 Å². The van der Waals surface area contributed by atoms with Crippen molar-refractivity contribution in [3.63, 3.8) is 0 Å². The number of allylic oxidation sites excluding steroid dienone is 1. The highest BCUT2D eigenvalue weighted by Crippen LogP contribution is 1.89. The van der Waals surface area contributed by atoms with Crippen LogP contribution in [0.2, 0.25) is 0 Å². The lowest BCUT2D eigenvalue weighted by atomic mass is 10.2. The van der Waals surface area contributed by atoms with Gasteiger partial charge in [0, 0.05) is 19.0 Å². The van der Waals surface area contributed by atoms with Crippen LogP contribution in [-0.4, -0.2) is 18.5 Å². The van der Waals surface area contributed by atoms with Crippen LogP contribution in [0.4, 0.5) is 0 Å². The molecule has 1 atom stereocenters. The molecule has 0 fully saturated rings. The van der Waals surface area contributed by atoms with Gasteiger partial charge in [-0.1, -0.05) is 13.0 Å². The predicted molar refractivity (Wildman–Crippen MR) is 50.7 cm³/mol. The molecule has 1 unspecified atom stereocenters. The van der Waals surface area contributed by atoms with Gasteiger partial charge >= 0.3 is 0 Å². The van der Waals surface area contributed by atoms with E-state index in [9.17, 15) is 4.79 Å². The van der Waals surface area contributed by atoms with E-state index in [1.807, 2.05) is 6.92 Å². The molecule has 3 heteroatoms. The van der Waals surface area contributed by atoms with Crippen LogP contribution < -0.4 is 11.1 Å².